The first-order valence-corrected chi connectivity index (χ1v) is 10.1. The molecule has 0 saturated heterocycles. The van der Waals surface area contributed by atoms with Gasteiger partial charge in [-0.3, -0.25) is 4.79 Å². The standard InChI is InChI=1S/C22H31NO4/c1-14(22-10-15-4-16(11-22)6-17(5-15)12-22)23-21(24)13-27-20-8-18(25-2)7-19(9-20)26-3/h7-9,14-17H,4-6,10-13H2,1-3H3,(H,23,24)/t14-,15?,16?,17?,22?/m0/s1. The van der Waals surface area contributed by atoms with Gasteiger partial charge in [0.05, 0.1) is 14.2 Å². The third-order valence-corrected chi connectivity index (χ3v) is 7.08. The van der Waals surface area contributed by atoms with Crippen LogP contribution in [0, 0.1) is 23.2 Å². The monoisotopic (exact) mass is 373 g/mol. The molecule has 4 aliphatic carbocycles. The van der Waals surface area contributed by atoms with E-state index in [0.29, 0.717) is 22.7 Å². The van der Waals surface area contributed by atoms with Gasteiger partial charge in [-0.05, 0) is 68.6 Å². The molecule has 5 nitrogen and oxygen atoms in total. The molecular weight excluding hydrogens is 342 g/mol. The molecule has 5 rings (SSSR count). The van der Waals surface area contributed by atoms with Gasteiger partial charge in [-0.1, -0.05) is 0 Å². The maximum absolute atomic E-state index is 12.5. The van der Waals surface area contributed by atoms with Crippen molar-refractivity contribution < 1.29 is 19.0 Å². The number of methoxy groups -OCH3 is 2. The van der Waals surface area contributed by atoms with E-state index in [2.05, 4.69) is 12.2 Å². The number of hydrogen-bond donors (Lipinski definition) is 1. The number of carbonyl (C=O) groups excluding carboxylic acids is 1. The van der Waals surface area contributed by atoms with Crippen LogP contribution in [-0.4, -0.2) is 32.8 Å². The Bertz CT molecular complexity index is 644. The number of hydrogen-bond acceptors (Lipinski definition) is 4. The van der Waals surface area contributed by atoms with Crippen molar-refractivity contribution in [1.29, 1.82) is 0 Å². The molecule has 27 heavy (non-hydrogen) atoms. The normalized spacial score (nSPS) is 32.0. The van der Waals surface area contributed by atoms with E-state index in [0.717, 1.165) is 17.8 Å². The zero-order valence-corrected chi connectivity index (χ0v) is 16.6. The molecule has 4 bridgehead atoms. The van der Waals surface area contributed by atoms with Crippen molar-refractivity contribution in [3.63, 3.8) is 0 Å². The van der Waals surface area contributed by atoms with Crippen LogP contribution >= 0.6 is 0 Å². The minimum Gasteiger partial charge on any atom is -0.496 e. The van der Waals surface area contributed by atoms with Crippen molar-refractivity contribution in [2.45, 2.75) is 51.5 Å². The van der Waals surface area contributed by atoms with E-state index in [1.807, 2.05) is 0 Å². The maximum atomic E-state index is 12.5. The van der Waals surface area contributed by atoms with E-state index in [9.17, 15) is 4.79 Å². The van der Waals surface area contributed by atoms with E-state index in [1.54, 1.807) is 32.4 Å². The molecule has 1 aromatic carbocycles. The summed E-state index contributed by atoms with van der Waals surface area (Å²) in [6.07, 6.45) is 8.11. The Kier molecular flexibility index (Phi) is 4.95. The van der Waals surface area contributed by atoms with E-state index >= 15 is 0 Å². The van der Waals surface area contributed by atoms with Crippen LogP contribution in [0.4, 0.5) is 0 Å². The van der Waals surface area contributed by atoms with Crippen LogP contribution < -0.4 is 19.5 Å². The van der Waals surface area contributed by atoms with Gasteiger partial charge in [0.25, 0.3) is 5.91 Å². The summed E-state index contributed by atoms with van der Waals surface area (Å²) >= 11 is 0. The molecule has 4 fully saturated rings. The van der Waals surface area contributed by atoms with Gasteiger partial charge in [0.1, 0.15) is 17.2 Å². The molecule has 0 aromatic heterocycles. The van der Waals surface area contributed by atoms with Gasteiger partial charge >= 0.3 is 0 Å². The average molecular weight is 373 g/mol. The fourth-order valence-corrected chi connectivity index (χ4v) is 6.16. The first kappa shape index (κ1) is 18.5. The molecule has 1 atom stereocenters. The molecule has 0 spiro atoms. The molecule has 0 unspecified atom stereocenters. The molecule has 1 aromatic rings. The molecule has 5 heteroatoms. The Balaban J connectivity index is 1.34. The Morgan fingerprint density at radius 2 is 1.48 bits per heavy atom. The highest BCUT2D eigenvalue weighted by atomic mass is 16.5. The first-order valence-electron chi connectivity index (χ1n) is 10.1. The van der Waals surface area contributed by atoms with Crippen LogP contribution in [0.2, 0.25) is 0 Å². The lowest BCUT2D eigenvalue weighted by Crippen LogP contribution is -2.56. The number of ether oxygens (including phenoxy) is 3. The lowest BCUT2D eigenvalue weighted by Gasteiger charge is -2.59. The van der Waals surface area contributed by atoms with Crippen molar-refractivity contribution in [3.05, 3.63) is 18.2 Å². The van der Waals surface area contributed by atoms with Crippen LogP contribution in [0.25, 0.3) is 0 Å². The van der Waals surface area contributed by atoms with E-state index < -0.39 is 0 Å². The highest BCUT2D eigenvalue weighted by molar-refractivity contribution is 5.78. The fourth-order valence-electron chi connectivity index (χ4n) is 6.16. The number of benzene rings is 1. The van der Waals surface area contributed by atoms with E-state index in [1.165, 1.54) is 38.5 Å². The molecule has 148 valence electrons. The third kappa shape index (κ3) is 3.74. The maximum Gasteiger partial charge on any atom is 0.258 e. The summed E-state index contributed by atoms with van der Waals surface area (Å²) in [5.41, 5.74) is 0.309. The van der Waals surface area contributed by atoms with Gasteiger partial charge in [0.2, 0.25) is 0 Å². The van der Waals surface area contributed by atoms with Crippen molar-refractivity contribution in [1.82, 2.24) is 5.32 Å². The van der Waals surface area contributed by atoms with Crippen molar-refractivity contribution in [2.24, 2.45) is 23.2 Å². The second-order valence-corrected chi connectivity index (χ2v) is 8.91. The van der Waals surface area contributed by atoms with Crippen LogP contribution in [0.3, 0.4) is 0 Å². The van der Waals surface area contributed by atoms with Crippen molar-refractivity contribution >= 4 is 5.91 Å². The molecular formula is C22H31NO4. The second-order valence-electron chi connectivity index (χ2n) is 8.91. The SMILES string of the molecule is COc1cc(OC)cc(OCC(=O)N[C@@H](C)C23CC4CC(CC(C4)C2)C3)c1. The molecule has 1 N–H and O–H groups in total. The summed E-state index contributed by atoms with van der Waals surface area (Å²) in [4.78, 5) is 12.5. The lowest BCUT2D eigenvalue weighted by atomic mass is 9.48. The zero-order chi connectivity index (χ0) is 19.0. The number of carbonyl (C=O) groups is 1. The zero-order valence-electron chi connectivity index (χ0n) is 16.6. The molecule has 1 amide bonds. The Labute approximate surface area is 161 Å². The summed E-state index contributed by atoms with van der Waals surface area (Å²) in [6.45, 7) is 2.20. The minimum absolute atomic E-state index is 0.00697. The third-order valence-electron chi connectivity index (χ3n) is 7.08. The quantitative estimate of drug-likeness (QED) is 0.790. The Morgan fingerprint density at radius 3 is 1.96 bits per heavy atom. The molecule has 0 aliphatic heterocycles. The van der Waals surface area contributed by atoms with Crippen LogP contribution in [-0.2, 0) is 4.79 Å². The van der Waals surface area contributed by atoms with Gasteiger partial charge in [-0.15, -0.1) is 0 Å². The summed E-state index contributed by atoms with van der Waals surface area (Å²) in [5, 5.41) is 3.24. The summed E-state index contributed by atoms with van der Waals surface area (Å²) in [6, 6.07) is 5.51. The van der Waals surface area contributed by atoms with Crippen molar-refractivity contribution in [3.8, 4) is 17.2 Å². The first-order chi connectivity index (χ1) is 13.0. The van der Waals surface area contributed by atoms with E-state index in [-0.39, 0.29) is 18.6 Å². The number of rotatable bonds is 7. The molecule has 4 aliphatic rings. The average Bonchev–Trinajstić information content (AvgIpc) is 2.65. The highest BCUT2D eigenvalue weighted by Gasteiger charge is 2.53. The van der Waals surface area contributed by atoms with Crippen LogP contribution in [0.15, 0.2) is 18.2 Å². The van der Waals surface area contributed by atoms with Gasteiger partial charge in [-0.2, -0.15) is 0 Å². The van der Waals surface area contributed by atoms with Gasteiger partial charge < -0.3 is 19.5 Å². The van der Waals surface area contributed by atoms with Gasteiger partial charge in [-0.25, -0.2) is 0 Å². The summed E-state index contributed by atoms with van der Waals surface area (Å²) in [5.74, 6) is 4.46. The molecule has 4 saturated carbocycles. The largest absolute Gasteiger partial charge is 0.496 e. The van der Waals surface area contributed by atoms with Crippen LogP contribution in [0.1, 0.15) is 45.4 Å². The summed E-state index contributed by atoms with van der Waals surface area (Å²) in [7, 11) is 3.19. The molecule has 0 heterocycles. The number of nitrogens with one attached hydrogen (secondary N) is 1. The van der Waals surface area contributed by atoms with Crippen molar-refractivity contribution in [2.75, 3.05) is 20.8 Å². The fraction of sp³-hybridized carbons (Fsp3) is 0.682. The summed E-state index contributed by atoms with van der Waals surface area (Å²) < 4.78 is 16.2. The lowest BCUT2D eigenvalue weighted by molar-refractivity contribution is -0.127. The molecule has 0 radical (unpaired) electrons. The van der Waals surface area contributed by atoms with Gasteiger partial charge in [0, 0.05) is 24.2 Å². The van der Waals surface area contributed by atoms with Crippen LogP contribution in [0.5, 0.6) is 17.2 Å². The van der Waals surface area contributed by atoms with E-state index in [4.69, 9.17) is 14.2 Å². The van der Waals surface area contributed by atoms with Gasteiger partial charge in [0.15, 0.2) is 6.61 Å². The predicted molar refractivity (Wildman–Crippen MR) is 103 cm³/mol. The predicted octanol–water partition coefficient (Wildman–Crippen LogP) is 3.80. The number of amides is 1. The minimum atomic E-state index is -0.0555. The second kappa shape index (κ2) is 7.25. The Hall–Kier alpha value is -1.91. The Morgan fingerprint density at radius 1 is 1.00 bits per heavy atom. The smallest absolute Gasteiger partial charge is 0.258 e. The topological polar surface area (TPSA) is 56.8 Å². The highest BCUT2D eigenvalue weighted by Crippen LogP contribution is 2.61.